The molecular weight excluding hydrogens is 558 g/mol. The van der Waals surface area contributed by atoms with Crippen LogP contribution in [0, 0.1) is 13.8 Å². The fourth-order valence-corrected chi connectivity index (χ4v) is 6.47. The summed E-state index contributed by atoms with van der Waals surface area (Å²) in [5.41, 5.74) is 3.87. The Kier molecular flexibility index (Phi) is 10.7. The lowest BCUT2D eigenvalue weighted by Gasteiger charge is -2.34. The number of anilines is 1. The van der Waals surface area contributed by atoms with Crippen LogP contribution < -0.4 is 9.62 Å². The van der Waals surface area contributed by atoms with Gasteiger partial charge in [-0.05, 0) is 60.7 Å². The van der Waals surface area contributed by atoms with Crippen LogP contribution in [0.2, 0.25) is 0 Å². The molecule has 7 nitrogen and oxygen atoms in total. The average molecular weight is 598 g/mol. The maximum Gasteiger partial charge on any atom is 0.264 e. The molecule has 0 saturated heterocycles. The molecular formula is C35H39N3O4S. The van der Waals surface area contributed by atoms with Crippen molar-refractivity contribution in [3.63, 3.8) is 0 Å². The molecule has 0 bridgehead atoms. The minimum Gasteiger partial charge on any atom is -0.354 e. The topological polar surface area (TPSA) is 86.8 Å². The number of nitrogens with one attached hydrogen (secondary N) is 1. The number of para-hydroxylation sites is 1. The van der Waals surface area contributed by atoms with Crippen molar-refractivity contribution in [3.8, 4) is 0 Å². The molecule has 1 N–H and O–H groups in total. The lowest BCUT2D eigenvalue weighted by Crippen LogP contribution is -2.53. The van der Waals surface area contributed by atoms with Crippen molar-refractivity contribution in [3.05, 3.63) is 131 Å². The first-order valence-corrected chi connectivity index (χ1v) is 16.0. The second-order valence-electron chi connectivity index (χ2n) is 10.6. The molecule has 0 aliphatic carbocycles. The van der Waals surface area contributed by atoms with Crippen molar-refractivity contribution >= 4 is 27.5 Å². The molecule has 0 heterocycles. The van der Waals surface area contributed by atoms with Gasteiger partial charge in [-0.2, -0.15) is 0 Å². The second-order valence-corrected chi connectivity index (χ2v) is 12.4. The van der Waals surface area contributed by atoms with E-state index in [1.807, 2.05) is 87.5 Å². The predicted molar refractivity (Wildman–Crippen MR) is 171 cm³/mol. The first kappa shape index (κ1) is 31.5. The van der Waals surface area contributed by atoms with Gasteiger partial charge in [-0.25, -0.2) is 8.42 Å². The highest BCUT2D eigenvalue weighted by Gasteiger charge is 2.35. The fraction of sp³-hybridized carbons (Fsp3) is 0.257. The number of aryl methyl sites for hydroxylation is 2. The minimum absolute atomic E-state index is 0.0815. The number of amides is 2. The van der Waals surface area contributed by atoms with E-state index in [2.05, 4.69) is 5.32 Å². The Hall–Kier alpha value is -4.43. The Balaban J connectivity index is 1.81. The third-order valence-corrected chi connectivity index (χ3v) is 9.19. The first-order chi connectivity index (χ1) is 20.7. The van der Waals surface area contributed by atoms with Gasteiger partial charge in [0, 0.05) is 19.5 Å². The third-order valence-electron chi connectivity index (χ3n) is 7.42. The number of hydrogen-bond acceptors (Lipinski definition) is 4. The maximum atomic E-state index is 14.5. The number of carbonyl (C=O) groups is 2. The highest BCUT2D eigenvalue weighted by atomic mass is 32.2. The van der Waals surface area contributed by atoms with Crippen molar-refractivity contribution in [2.45, 2.75) is 51.1 Å². The Morgan fingerprint density at radius 3 is 1.98 bits per heavy atom. The number of carbonyl (C=O) groups excluding carboxylic acids is 2. The summed E-state index contributed by atoms with van der Waals surface area (Å²) in [4.78, 5) is 29.8. The van der Waals surface area contributed by atoms with E-state index in [-0.39, 0.29) is 23.8 Å². The highest BCUT2D eigenvalue weighted by Crippen LogP contribution is 2.27. The van der Waals surface area contributed by atoms with Gasteiger partial charge in [-0.3, -0.25) is 13.9 Å². The molecule has 4 aromatic carbocycles. The first-order valence-electron chi connectivity index (χ1n) is 14.5. The van der Waals surface area contributed by atoms with Crippen LogP contribution in [0.15, 0.2) is 114 Å². The SMILES string of the molecule is CCCNC(=O)[C@H](Cc1ccccc1)N(Cc1ccccc1C)C(=O)CN(c1ccccc1C)S(=O)(=O)c1ccccc1. The van der Waals surface area contributed by atoms with Gasteiger partial charge in [-0.15, -0.1) is 0 Å². The van der Waals surface area contributed by atoms with E-state index >= 15 is 0 Å². The number of benzene rings is 4. The molecule has 0 radical (unpaired) electrons. The van der Waals surface area contributed by atoms with E-state index in [9.17, 15) is 18.0 Å². The van der Waals surface area contributed by atoms with E-state index in [1.54, 1.807) is 30.3 Å². The Bertz CT molecular complexity index is 1630. The van der Waals surface area contributed by atoms with Crippen LogP contribution in [-0.4, -0.2) is 44.3 Å². The minimum atomic E-state index is -4.12. The van der Waals surface area contributed by atoms with Crippen molar-refractivity contribution in [2.75, 3.05) is 17.4 Å². The van der Waals surface area contributed by atoms with Crippen molar-refractivity contribution in [1.82, 2.24) is 10.2 Å². The summed E-state index contributed by atoms with van der Waals surface area (Å²) in [7, 11) is -4.12. The van der Waals surface area contributed by atoms with Gasteiger partial charge < -0.3 is 10.2 Å². The molecule has 0 spiro atoms. The zero-order valence-corrected chi connectivity index (χ0v) is 25.8. The summed E-state index contributed by atoms with van der Waals surface area (Å²) in [5, 5.41) is 2.97. The van der Waals surface area contributed by atoms with Crippen LogP contribution in [0.25, 0.3) is 0 Å². The number of sulfonamides is 1. The van der Waals surface area contributed by atoms with Crippen LogP contribution in [0.5, 0.6) is 0 Å². The smallest absolute Gasteiger partial charge is 0.264 e. The lowest BCUT2D eigenvalue weighted by molar-refractivity contribution is -0.140. The zero-order chi connectivity index (χ0) is 30.8. The molecule has 43 heavy (non-hydrogen) atoms. The largest absolute Gasteiger partial charge is 0.354 e. The molecule has 4 rings (SSSR count). The summed E-state index contributed by atoms with van der Waals surface area (Å²) in [6, 6.07) is 31.6. The second kappa shape index (κ2) is 14.6. The van der Waals surface area contributed by atoms with Crippen molar-refractivity contribution < 1.29 is 18.0 Å². The molecule has 0 aromatic heterocycles. The summed E-state index contributed by atoms with van der Waals surface area (Å²) >= 11 is 0. The van der Waals surface area contributed by atoms with Gasteiger partial charge in [0.05, 0.1) is 10.6 Å². The molecule has 0 unspecified atom stereocenters. The van der Waals surface area contributed by atoms with Crippen LogP contribution in [0.3, 0.4) is 0 Å². The van der Waals surface area contributed by atoms with Gasteiger partial charge in [0.1, 0.15) is 12.6 Å². The average Bonchev–Trinajstić information content (AvgIpc) is 3.02. The van der Waals surface area contributed by atoms with Gasteiger partial charge in [0.25, 0.3) is 10.0 Å². The molecule has 8 heteroatoms. The summed E-state index contributed by atoms with van der Waals surface area (Å²) in [6.07, 6.45) is 1.02. The highest BCUT2D eigenvalue weighted by molar-refractivity contribution is 7.92. The molecule has 1 atom stereocenters. The summed E-state index contributed by atoms with van der Waals surface area (Å²) in [6.45, 7) is 5.89. The van der Waals surface area contributed by atoms with Crippen LogP contribution in [0.4, 0.5) is 5.69 Å². The Labute approximate surface area is 255 Å². The Morgan fingerprint density at radius 2 is 1.35 bits per heavy atom. The normalized spacial score (nSPS) is 11.9. The number of nitrogens with zero attached hydrogens (tertiary/aromatic N) is 2. The quantitative estimate of drug-likeness (QED) is 0.215. The van der Waals surface area contributed by atoms with Crippen LogP contribution in [0.1, 0.15) is 35.6 Å². The molecule has 0 aliphatic rings. The molecule has 224 valence electrons. The molecule has 4 aromatic rings. The molecule has 0 aliphatic heterocycles. The lowest BCUT2D eigenvalue weighted by atomic mass is 10.0. The van der Waals surface area contributed by atoms with Gasteiger partial charge >= 0.3 is 0 Å². The Morgan fingerprint density at radius 1 is 0.767 bits per heavy atom. The van der Waals surface area contributed by atoms with Crippen LogP contribution in [-0.2, 0) is 32.6 Å². The zero-order valence-electron chi connectivity index (χ0n) is 24.9. The molecule has 0 fully saturated rings. The third kappa shape index (κ3) is 7.90. The number of rotatable bonds is 13. The van der Waals surface area contributed by atoms with Gasteiger partial charge in [0.15, 0.2) is 0 Å². The van der Waals surface area contributed by atoms with E-state index in [1.165, 1.54) is 17.0 Å². The maximum absolute atomic E-state index is 14.5. The van der Waals surface area contributed by atoms with Gasteiger partial charge in [-0.1, -0.05) is 97.9 Å². The summed E-state index contributed by atoms with van der Waals surface area (Å²) < 4.78 is 29.3. The van der Waals surface area contributed by atoms with Crippen molar-refractivity contribution in [2.24, 2.45) is 0 Å². The van der Waals surface area contributed by atoms with E-state index in [0.717, 1.165) is 27.4 Å². The van der Waals surface area contributed by atoms with E-state index in [0.29, 0.717) is 17.8 Å². The number of hydrogen-bond donors (Lipinski definition) is 1. The molecule has 0 saturated carbocycles. The monoisotopic (exact) mass is 597 g/mol. The van der Waals surface area contributed by atoms with E-state index in [4.69, 9.17) is 0 Å². The van der Waals surface area contributed by atoms with E-state index < -0.39 is 28.5 Å². The van der Waals surface area contributed by atoms with Crippen molar-refractivity contribution in [1.29, 1.82) is 0 Å². The predicted octanol–water partition coefficient (Wildman–Crippen LogP) is 5.67. The van der Waals surface area contributed by atoms with Gasteiger partial charge in [0.2, 0.25) is 11.8 Å². The summed E-state index contributed by atoms with van der Waals surface area (Å²) in [5.74, 6) is -0.750. The standard InChI is InChI=1S/C35H39N3O4S/c1-4-23-36-35(40)33(24-29-17-7-5-8-18-29)37(25-30-19-13-11-15-27(30)2)34(39)26-38(32-22-14-12-16-28(32)3)43(41,42)31-20-9-6-10-21-31/h5-22,33H,4,23-26H2,1-3H3,(H,36,40)/t33-/m0/s1. The molecule has 2 amide bonds. The van der Waals surface area contributed by atoms with Crippen LogP contribution >= 0.6 is 0 Å². The fourth-order valence-electron chi connectivity index (χ4n) is 4.97.